The van der Waals surface area contributed by atoms with Gasteiger partial charge < -0.3 is 30.6 Å². The summed E-state index contributed by atoms with van der Waals surface area (Å²) in [7, 11) is 0. The Kier molecular flexibility index (Phi) is 8.81. The van der Waals surface area contributed by atoms with E-state index in [4.69, 9.17) is 4.84 Å². The smallest absolute Gasteiger partial charge is 0.393 e. The zero-order valence-electron chi connectivity index (χ0n) is 20.4. The fourth-order valence-corrected chi connectivity index (χ4v) is 4.08. The van der Waals surface area contributed by atoms with Crippen molar-refractivity contribution < 1.29 is 33.0 Å². The van der Waals surface area contributed by atoms with Crippen molar-refractivity contribution in [1.82, 2.24) is 19.6 Å². The van der Waals surface area contributed by atoms with Crippen LogP contribution in [0.3, 0.4) is 0 Å². The number of fused-ring (bicyclic) bond motifs is 1. The number of aliphatic hydroxyl groups is 2. The highest BCUT2D eigenvalue weighted by Gasteiger charge is 2.27. The summed E-state index contributed by atoms with van der Waals surface area (Å²) < 4.78 is 38.7. The maximum Gasteiger partial charge on any atom is 0.405 e. The number of amides is 2. The lowest BCUT2D eigenvalue weighted by atomic mass is 10.1. The number of anilines is 1. The molecule has 1 saturated heterocycles. The zero-order chi connectivity index (χ0) is 27.1. The van der Waals surface area contributed by atoms with Crippen LogP contribution in [0.5, 0.6) is 0 Å². The molecule has 0 saturated carbocycles. The molecule has 0 aliphatic carbocycles. The number of pyridine rings is 1. The number of β-amino-alcohol motifs (C(OH)–C–C–N with tert-alkyl or cyclic N) is 1. The lowest BCUT2D eigenvalue weighted by Gasteiger charge is -2.30. The summed E-state index contributed by atoms with van der Waals surface area (Å²) in [6, 6.07) is 9.31. The van der Waals surface area contributed by atoms with Crippen molar-refractivity contribution in [2.24, 2.45) is 5.16 Å². The zero-order valence-corrected chi connectivity index (χ0v) is 20.4. The standard InChI is InChI=1S/C25H29F3N6O4/c26-25(27,28)16-30-24(37)32-19-3-1-2-18(11-19)22-13-29-23-10-17(4-9-34(22)23)12-31-38-15-21(36)14-33-7-5-20(35)6-8-33/h1-4,9-13,20-21,35-36H,5-8,14-16H2,(H2,30,32,37). The van der Waals surface area contributed by atoms with Crippen LogP contribution in [-0.2, 0) is 4.84 Å². The Bertz CT molecular complexity index is 1260. The number of piperidine rings is 1. The first-order chi connectivity index (χ1) is 18.2. The highest BCUT2D eigenvalue weighted by Crippen LogP contribution is 2.24. The second kappa shape index (κ2) is 12.2. The van der Waals surface area contributed by atoms with Gasteiger partial charge in [0.1, 0.15) is 24.9 Å². The molecule has 1 aromatic carbocycles. The van der Waals surface area contributed by atoms with Gasteiger partial charge in [0, 0.05) is 42.6 Å². The Labute approximate surface area is 216 Å². The molecule has 1 aliphatic heterocycles. The molecule has 0 radical (unpaired) electrons. The summed E-state index contributed by atoms with van der Waals surface area (Å²) >= 11 is 0. The average molecular weight is 535 g/mol. The van der Waals surface area contributed by atoms with E-state index in [0.717, 1.165) is 18.7 Å². The topological polar surface area (TPSA) is 124 Å². The summed E-state index contributed by atoms with van der Waals surface area (Å²) in [4.78, 5) is 23.5. The van der Waals surface area contributed by atoms with Crippen molar-refractivity contribution in [2.75, 3.05) is 38.1 Å². The number of oxime groups is 1. The highest BCUT2D eigenvalue weighted by molar-refractivity contribution is 5.90. The van der Waals surface area contributed by atoms with Crippen LogP contribution < -0.4 is 10.6 Å². The van der Waals surface area contributed by atoms with Gasteiger partial charge in [-0.15, -0.1) is 0 Å². The van der Waals surface area contributed by atoms with Crippen LogP contribution in [0.1, 0.15) is 18.4 Å². The highest BCUT2D eigenvalue weighted by atomic mass is 19.4. The van der Waals surface area contributed by atoms with Crippen LogP contribution in [0.25, 0.3) is 16.9 Å². The van der Waals surface area contributed by atoms with Gasteiger partial charge in [0.15, 0.2) is 0 Å². The average Bonchev–Trinajstić information content (AvgIpc) is 3.30. The van der Waals surface area contributed by atoms with E-state index >= 15 is 0 Å². The molecule has 1 aliphatic rings. The summed E-state index contributed by atoms with van der Waals surface area (Å²) in [5.74, 6) is 0. The van der Waals surface area contributed by atoms with E-state index in [0.29, 0.717) is 42.0 Å². The third kappa shape index (κ3) is 7.91. The van der Waals surface area contributed by atoms with Crippen molar-refractivity contribution in [2.45, 2.75) is 31.2 Å². The second-order valence-corrected chi connectivity index (χ2v) is 9.05. The van der Waals surface area contributed by atoms with Crippen LogP contribution in [0.2, 0.25) is 0 Å². The lowest BCUT2D eigenvalue weighted by molar-refractivity contribution is -0.122. The minimum absolute atomic E-state index is 0.0456. The van der Waals surface area contributed by atoms with Gasteiger partial charge in [0.2, 0.25) is 0 Å². The van der Waals surface area contributed by atoms with E-state index in [9.17, 15) is 28.2 Å². The van der Waals surface area contributed by atoms with Crippen molar-refractivity contribution in [3.63, 3.8) is 0 Å². The van der Waals surface area contributed by atoms with E-state index in [1.165, 1.54) is 6.21 Å². The molecule has 1 unspecified atom stereocenters. The molecular weight excluding hydrogens is 505 g/mol. The molecule has 3 aromatic rings. The Morgan fingerprint density at radius 2 is 2.05 bits per heavy atom. The normalized spacial score (nSPS) is 16.1. The van der Waals surface area contributed by atoms with Gasteiger partial charge >= 0.3 is 12.2 Å². The number of aliphatic hydroxyl groups excluding tert-OH is 2. The van der Waals surface area contributed by atoms with Gasteiger partial charge in [-0.1, -0.05) is 17.3 Å². The number of hydrogen-bond acceptors (Lipinski definition) is 7. The monoisotopic (exact) mass is 534 g/mol. The fourth-order valence-electron chi connectivity index (χ4n) is 4.08. The first-order valence-corrected chi connectivity index (χ1v) is 12.1. The number of rotatable bonds is 9. The summed E-state index contributed by atoms with van der Waals surface area (Å²) in [6.07, 6.45) is 0.903. The third-order valence-electron chi connectivity index (χ3n) is 5.97. The number of aromatic nitrogens is 2. The summed E-state index contributed by atoms with van der Waals surface area (Å²) in [5, 5.41) is 27.8. The molecule has 13 heteroatoms. The van der Waals surface area contributed by atoms with E-state index < -0.39 is 24.9 Å². The SMILES string of the molecule is O=C(NCC(F)(F)F)Nc1cccc(-c2cnc3cc(C=NOCC(O)CN4CCC(O)CC4)ccn23)c1. The Morgan fingerprint density at radius 1 is 1.26 bits per heavy atom. The van der Waals surface area contributed by atoms with Crippen LogP contribution in [0, 0.1) is 0 Å². The van der Waals surface area contributed by atoms with E-state index in [-0.39, 0.29) is 12.7 Å². The minimum atomic E-state index is -4.49. The molecule has 10 nitrogen and oxygen atoms in total. The number of carbonyl (C=O) groups excluding carboxylic acids is 1. The fraction of sp³-hybridized carbons (Fsp3) is 0.400. The largest absolute Gasteiger partial charge is 0.405 e. The maximum atomic E-state index is 12.3. The van der Waals surface area contributed by atoms with Crippen molar-refractivity contribution >= 4 is 23.6 Å². The summed E-state index contributed by atoms with van der Waals surface area (Å²) in [6.45, 7) is 0.565. The van der Waals surface area contributed by atoms with E-state index in [2.05, 4.69) is 20.4 Å². The van der Waals surface area contributed by atoms with Gasteiger partial charge in [-0.25, -0.2) is 9.78 Å². The van der Waals surface area contributed by atoms with Crippen LogP contribution in [-0.4, -0.2) is 87.9 Å². The predicted molar refractivity (Wildman–Crippen MR) is 135 cm³/mol. The van der Waals surface area contributed by atoms with Gasteiger partial charge in [-0.3, -0.25) is 4.40 Å². The van der Waals surface area contributed by atoms with Crippen molar-refractivity contribution in [1.29, 1.82) is 0 Å². The quantitative estimate of drug-likeness (QED) is 0.247. The van der Waals surface area contributed by atoms with Crippen LogP contribution >= 0.6 is 0 Å². The van der Waals surface area contributed by atoms with Crippen LogP contribution in [0.15, 0.2) is 53.9 Å². The number of urea groups is 1. The molecule has 38 heavy (non-hydrogen) atoms. The van der Waals surface area contributed by atoms with Crippen molar-refractivity contribution in [3.8, 4) is 11.3 Å². The first-order valence-electron chi connectivity index (χ1n) is 12.1. The van der Waals surface area contributed by atoms with Gasteiger partial charge in [0.05, 0.1) is 24.2 Å². The molecular formula is C25H29F3N6O4. The van der Waals surface area contributed by atoms with Crippen molar-refractivity contribution in [3.05, 3.63) is 54.4 Å². The maximum absolute atomic E-state index is 12.3. The number of nitrogens with one attached hydrogen (secondary N) is 2. The molecule has 2 aromatic heterocycles. The molecule has 0 bridgehead atoms. The van der Waals surface area contributed by atoms with Gasteiger partial charge in [-0.2, -0.15) is 13.2 Å². The lowest BCUT2D eigenvalue weighted by Crippen LogP contribution is -2.41. The molecule has 0 spiro atoms. The molecule has 1 fully saturated rings. The Hall–Kier alpha value is -3.68. The number of nitrogens with zero attached hydrogens (tertiary/aromatic N) is 4. The van der Waals surface area contributed by atoms with Gasteiger partial charge in [0.25, 0.3) is 0 Å². The predicted octanol–water partition coefficient (Wildman–Crippen LogP) is 2.85. The molecule has 4 rings (SSSR count). The van der Waals surface area contributed by atoms with Crippen LogP contribution in [0.4, 0.5) is 23.7 Å². The first kappa shape index (κ1) is 27.4. The third-order valence-corrected chi connectivity index (χ3v) is 5.97. The minimum Gasteiger partial charge on any atom is -0.393 e. The number of halogens is 3. The van der Waals surface area contributed by atoms with E-state index in [1.54, 1.807) is 54.1 Å². The molecule has 3 heterocycles. The Morgan fingerprint density at radius 3 is 2.82 bits per heavy atom. The molecule has 2 amide bonds. The second-order valence-electron chi connectivity index (χ2n) is 9.05. The molecule has 204 valence electrons. The number of carbonyl (C=O) groups is 1. The molecule has 4 N–H and O–H groups in total. The molecule has 1 atom stereocenters. The van der Waals surface area contributed by atoms with E-state index in [1.807, 2.05) is 4.40 Å². The number of hydrogen-bond donors (Lipinski definition) is 4. The number of likely N-dealkylation sites (tertiary alicyclic amines) is 1. The Balaban J connectivity index is 1.32. The number of benzene rings is 1. The summed E-state index contributed by atoms with van der Waals surface area (Å²) in [5.41, 5.74) is 3.10. The number of imidazole rings is 1. The number of alkyl halides is 3. The van der Waals surface area contributed by atoms with Gasteiger partial charge in [-0.05, 0) is 37.1 Å².